The first-order valence-corrected chi connectivity index (χ1v) is 16.1. The Hall–Kier alpha value is -3.77. The number of hydrogen-bond acceptors (Lipinski definition) is 9. The average molecular weight is 672 g/mol. The van der Waals surface area contributed by atoms with Crippen LogP contribution in [0.4, 0.5) is 11.6 Å². The highest BCUT2D eigenvalue weighted by molar-refractivity contribution is 9.10. The van der Waals surface area contributed by atoms with E-state index in [1.54, 1.807) is 7.11 Å². The first kappa shape index (κ1) is 28.7. The molecule has 2 saturated heterocycles. The van der Waals surface area contributed by atoms with E-state index < -0.39 is 17.6 Å². The lowest BCUT2D eigenvalue weighted by Gasteiger charge is -2.33. The number of aromatic nitrogens is 4. The van der Waals surface area contributed by atoms with Gasteiger partial charge in [0, 0.05) is 24.0 Å². The van der Waals surface area contributed by atoms with Crippen molar-refractivity contribution >= 4 is 49.5 Å². The van der Waals surface area contributed by atoms with Crippen LogP contribution < -0.4 is 15.8 Å². The third-order valence-electron chi connectivity index (χ3n) is 9.49. The quantitative estimate of drug-likeness (QED) is 0.203. The molecule has 8 rings (SSSR count). The van der Waals surface area contributed by atoms with Gasteiger partial charge >= 0.3 is 0 Å². The van der Waals surface area contributed by atoms with Gasteiger partial charge in [0.15, 0.2) is 12.0 Å². The van der Waals surface area contributed by atoms with Gasteiger partial charge in [-0.1, -0.05) is 24.3 Å². The van der Waals surface area contributed by atoms with E-state index in [2.05, 4.69) is 60.0 Å². The van der Waals surface area contributed by atoms with Crippen molar-refractivity contribution in [2.24, 2.45) is 5.92 Å². The largest absolute Gasteiger partial charge is 0.497 e. The second kappa shape index (κ2) is 10.7. The highest BCUT2D eigenvalue weighted by Gasteiger charge is 2.71. The monoisotopic (exact) mass is 670 g/mol. The lowest BCUT2D eigenvalue weighted by atomic mass is 9.84. The molecule has 3 N–H and O–H groups in total. The summed E-state index contributed by atoms with van der Waals surface area (Å²) in [7, 11) is 1.67. The van der Waals surface area contributed by atoms with Crippen LogP contribution in [0.3, 0.4) is 0 Å². The van der Waals surface area contributed by atoms with Gasteiger partial charge in [-0.15, -0.1) is 0 Å². The van der Waals surface area contributed by atoms with Crippen LogP contribution in [0.15, 0.2) is 71.6 Å². The third kappa shape index (κ3) is 4.75. The fraction of sp³-hybridized carbons (Fsp3) is 0.382. The fourth-order valence-corrected chi connectivity index (χ4v) is 8.07. The van der Waals surface area contributed by atoms with Gasteiger partial charge in [0.05, 0.1) is 34.7 Å². The minimum atomic E-state index is -0.716. The SMILES string of the molecule is COc1ccc(CNc2nc3cc(CC4O[C@@H](n5ccc6c(N)ncnc65)[C@@]56OC(C)(C)O[C@H]5CCC46)ccc3cc2Br)cc1. The molecule has 5 heterocycles. The normalized spacial score (nSPS) is 26.8. The summed E-state index contributed by atoms with van der Waals surface area (Å²) in [6, 6.07) is 18.6. The van der Waals surface area contributed by atoms with Gasteiger partial charge in [0.2, 0.25) is 0 Å². The summed E-state index contributed by atoms with van der Waals surface area (Å²) in [5.41, 5.74) is 9.51. The number of nitrogens with two attached hydrogens (primary N) is 1. The molecule has 5 aromatic rings. The standard InChI is InChI=1S/C34H35BrN6O4/c1-33(2)44-28-11-10-24-27(43-32(34(24,28)45-33)41-13-12-23-29(36)38-18-39-31(23)41)15-20-4-7-21-16-25(35)30(40-26(21)14-20)37-17-19-5-8-22(42-3)9-6-19/h4-9,12-14,16,18,24,27-28,32H,10-11,15,17H2,1-3H3,(H,37,40)(H2,36,38,39)/t24?,27?,28-,32+,34-/m0/s1. The maximum atomic E-state index is 6.99. The molecule has 0 radical (unpaired) electrons. The van der Waals surface area contributed by atoms with E-state index in [0.717, 1.165) is 68.4 Å². The molecule has 2 aromatic carbocycles. The Morgan fingerprint density at radius 1 is 1.07 bits per heavy atom. The molecule has 10 nitrogen and oxygen atoms in total. The third-order valence-corrected chi connectivity index (χ3v) is 10.1. The molecule has 1 aliphatic carbocycles. The smallest absolute Gasteiger partial charge is 0.167 e. The first-order chi connectivity index (χ1) is 21.7. The van der Waals surface area contributed by atoms with Crippen molar-refractivity contribution in [1.29, 1.82) is 0 Å². The molecular weight excluding hydrogens is 636 g/mol. The van der Waals surface area contributed by atoms with Crippen LogP contribution in [-0.4, -0.2) is 50.2 Å². The van der Waals surface area contributed by atoms with Gasteiger partial charge in [0.25, 0.3) is 0 Å². The van der Waals surface area contributed by atoms with Crippen LogP contribution in [0.1, 0.15) is 44.0 Å². The molecule has 0 bridgehead atoms. The summed E-state index contributed by atoms with van der Waals surface area (Å²) in [4.78, 5) is 13.8. The van der Waals surface area contributed by atoms with Crippen LogP contribution in [0.2, 0.25) is 0 Å². The summed E-state index contributed by atoms with van der Waals surface area (Å²) in [5, 5.41) is 5.34. The molecule has 11 heteroatoms. The van der Waals surface area contributed by atoms with Crippen molar-refractivity contribution in [3.63, 3.8) is 0 Å². The first-order valence-electron chi connectivity index (χ1n) is 15.3. The highest BCUT2D eigenvalue weighted by Crippen LogP contribution is 2.61. The van der Waals surface area contributed by atoms with Crippen LogP contribution >= 0.6 is 15.9 Å². The molecule has 1 spiro atoms. The summed E-state index contributed by atoms with van der Waals surface area (Å²) in [6.45, 7) is 4.62. The molecule has 2 unspecified atom stereocenters. The van der Waals surface area contributed by atoms with E-state index in [-0.39, 0.29) is 18.1 Å². The summed E-state index contributed by atoms with van der Waals surface area (Å²) < 4.78 is 28.6. The number of rotatable bonds is 7. The van der Waals surface area contributed by atoms with E-state index in [4.69, 9.17) is 29.7 Å². The molecule has 1 saturated carbocycles. The zero-order valence-corrected chi connectivity index (χ0v) is 27.0. The summed E-state index contributed by atoms with van der Waals surface area (Å²) in [5.74, 6) is 1.50. The maximum Gasteiger partial charge on any atom is 0.167 e. The Kier molecular flexibility index (Phi) is 6.79. The number of methoxy groups -OCH3 is 1. The number of nitrogens with one attached hydrogen (secondary N) is 1. The maximum absolute atomic E-state index is 6.99. The number of nitrogens with zero attached hydrogens (tertiary/aromatic N) is 4. The van der Waals surface area contributed by atoms with E-state index in [1.165, 1.54) is 6.33 Å². The van der Waals surface area contributed by atoms with E-state index in [1.807, 2.05) is 50.4 Å². The number of halogens is 1. The van der Waals surface area contributed by atoms with Crippen LogP contribution in [0.25, 0.3) is 21.9 Å². The zero-order chi connectivity index (χ0) is 30.9. The van der Waals surface area contributed by atoms with Gasteiger partial charge < -0.3 is 34.6 Å². The molecule has 5 atom stereocenters. The van der Waals surface area contributed by atoms with Gasteiger partial charge in [-0.3, -0.25) is 0 Å². The van der Waals surface area contributed by atoms with E-state index in [9.17, 15) is 0 Å². The number of ether oxygens (including phenoxy) is 4. The van der Waals surface area contributed by atoms with Crippen molar-refractivity contribution in [3.05, 3.63) is 82.7 Å². The van der Waals surface area contributed by atoms with Gasteiger partial charge in [-0.05, 0) is 90.5 Å². The highest BCUT2D eigenvalue weighted by atomic mass is 79.9. The van der Waals surface area contributed by atoms with Crippen molar-refractivity contribution in [2.45, 2.75) is 69.5 Å². The molecule has 2 aliphatic heterocycles. The van der Waals surface area contributed by atoms with Crippen molar-refractivity contribution < 1.29 is 18.9 Å². The molecule has 232 valence electrons. The lowest BCUT2D eigenvalue weighted by molar-refractivity contribution is -0.190. The van der Waals surface area contributed by atoms with E-state index in [0.29, 0.717) is 12.4 Å². The van der Waals surface area contributed by atoms with Crippen LogP contribution in [0, 0.1) is 5.92 Å². The minimum Gasteiger partial charge on any atom is -0.497 e. The average Bonchev–Trinajstić information content (AvgIpc) is 3.74. The number of hydrogen-bond donors (Lipinski definition) is 2. The number of nitrogen functional groups attached to an aromatic ring is 1. The number of benzene rings is 2. The predicted molar refractivity (Wildman–Crippen MR) is 175 cm³/mol. The van der Waals surface area contributed by atoms with E-state index >= 15 is 0 Å². The van der Waals surface area contributed by atoms with Crippen molar-refractivity contribution in [2.75, 3.05) is 18.2 Å². The fourth-order valence-electron chi connectivity index (χ4n) is 7.59. The molecular formula is C34H35BrN6O4. The van der Waals surface area contributed by atoms with Gasteiger partial charge in [-0.2, -0.15) is 0 Å². The van der Waals surface area contributed by atoms with Crippen LogP contribution in [0.5, 0.6) is 5.75 Å². The van der Waals surface area contributed by atoms with Crippen molar-refractivity contribution in [1.82, 2.24) is 19.5 Å². The van der Waals surface area contributed by atoms with Gasteiger partial charge in [-0.25, -0.2) is 15.0 Å². The Morgan fingerprint density at radius 2 is 1.89 bits per heavy atom. The summed E-state index contributed by atoms with van der Waals surface area (Å²) >= 11 is 3.71. The molecule has 3 fully saturated rings. The minimum absolute atomic E-state index is 0.0842. The Bertz CT molecular complexity index is 1910. The topological polar surface area (TPSA) is 119 Å². The van der Waals surface area contributed by atoms with Crippen molar-refractivity contribution in [3.8, 4) is 5.75 Å². The Morgan fingerprint density at radius 3 is 2.71 bits per heavy atom. The summed E-state index contributed by atoms with van der Waals surface area (Å²) in [6.07, 6.45) is 5.48. The second-order valence-corrected chi connectivity index (χ2v) is 13.5. The molecule has 3 aromatic heterocycles. The number of pyridine rings is 1. The lowest BCUT2D eigenvalue weighted by Crippen LogP contribution is -2.46. The second-order valence-electron chi connectivity index (χ2n) is 12.6. The molecule has 45 heavy (non-hydrogen) atoms. The Balaban J connectivity index is 1.09. The molecule has 3 aliphatic rings. The number of anilines is 2. The van der Waals surface area contributed by atoms with Gasteiger partial charge in [0.1, 0.15) is 35.0 Å². The number of fused-ring (bicyclic) bond motifs is 2. The predicted octanol–water partition coefficient (Wildman–Crippen LogP) is 6.39. The molecule has 0 amide bonds. The van der Waals surface area contributed by atoms with Crippen LogP contribution in [-0.2, 0) is 27.2 Å². The Labute approximate surface area is 269 Å². The zero-order valence-electron chi connectivity index (χ0n) is 25.4.